The molecule has 2 fully saturated rings. The van der Waals surface area contributed by atoms with Crippen LogP contribution in [-0.4, -0.2) is 47.9 Å². The smallest absolute Gasteiger partial charge is 0.167 e. The van der Waals surface area contributed by atoms with Gasteiger partial charge in [-0.1, -0.05) is 23.7 Å². The van der Waals surface area contributed by atoms with Crippen molar-refractivity contribution in [3.63, 3.8) is 0 Å². The fraction of sp³-hybridized carbons (Fsp3) is 0.455. The first kappa shape index (κ1) is 18.5. The van der Waals surface area contributed by atoms with Gasteiger partial charge in [-0.3, -0.25) is 4.79 Å². The van der Waals surface area contributed by atoms with Crippen LogP contribution in [0.3, 0.4) is 0 Å². The Morgan fingerprint density at radius 2 is 1.85 bits per heavy atom. The minimum Gasteiger partial charge on any atom is -0.356 e. The molecule has 0 amide bonds. The fourth-order valence-corrected chi connectivity index (χ4v) is 4.48. The Bertz CT molecular complexity index is 796. The van der Waals surface area contributed by atoms with Gasteiger partial charge in [0, 0.05) is 42.3 Å². The number of halogens is 1. The standard InChI is InChI=1S/C22H26ClN3O/c23-19-5-3-4-17(14-19)15-21(27)18-6-9-24-22(16-18)26-12-7-20(8-13-26)25-10-1-2-11-25/h3-6,9,14,16,20H,1-2,7-8,10-13,15H2. The molecule has 2 aromatic rings. The van der Waals surface area contributed by atoms with E-state index in [0.29, 0.717) is 11.4 Å². The Kier molecular flexibility index (Phi) is 5.74. The summed E-state index contributed by atoms with van der Waals surface area (Å²) in [5.74, 6) is 1.03. The molecule has 0 atom stereocenters. The van der Waals surface area contributed by atoms with E-state index in [-0.39, 0.29) is 5.78 Å². The number of pyridine rings is 1. The molecule has 0 saturated carbocycles. The molecule has 0 bridgehead atoms. The van der Waals surface area contributed by atoms with E-state index in [1.807, 2.05) is 36.4 Å². The largest absolute Gasteiger partial charge is 0.356 e. The van der Waals surface area contributed by atoms with E-state index in [0.717, 1.165) is 36.1 Å². The molecule has 27 heavy (non-hydrogen) atoms. The Morgan fingerprint density at radius 3 is 2.59 bits per heavy atom. The van der Waals surface area contributed by atoms with E-state index in [1.165, 1.54) is 38.8 Å². The van der Waals surface area contributed by atoms with Gasteiger partial charge in [0.25, 0.3) is 0 Å². The summed E-state index contributed by atoms with van der Waals surface area (Å²) in [6, 6.07) is 12.0. The number of aromatic nitrogens is 1. The molecule has 1 aromatic heterocycles. The maximum atomic E-state index is 12.7. The zero-order valence-electron chi connectivity index (χ0n) is 15.6. The molecular formula is C22H26ClN3O. The van der Waals surface area contributed by atoms with Crippen LogP contribution in [0.1, 0.15) is 41.6 Å². The lowest BCUT2D eigenvalue weighted by molar-refractivity contribution is 0.0993. The summed E-state index contributed by atoms with van der Waals surface area (Å²) in [5.41, 5.74) is 1.67. The highest BCUT2D eigenvalue weighted by atomic mass is 35.5. The van der Waals surface area contributed by atoms with Crippen LogP contribution in [0.15, 0.2) is 42.6 Å². The Labute approximate surface area is 166 Å². The lowest BCUT2D eigenvalue weighted by atomic mass is 10.0. The molecule has 2 aliphatic heterocycles. The summed E-state index contributed by atoms with van der Waals surface area (Å²) < 4.78 is 0. The number of benzene rings is 1. The molecule has 0 radical (unpaired) electrons. The van der Waals surface area contributed by atoms with Gasteiger partial charge in [-0.25, -0.2) is 4.98 Å². The van der Waals surface area contributed by atoms with Crippen LogP contribution >= 0.6 is 11.6 Å². The zero-order chi connectivity index (χ0) is 18.6. The van der Waals surface area contributed by atoms with Gasteiger partial charge < -0.3 is 9.80 Å². The van der Waals surface area contributed by atoms with Gasteiger partial charge >= 0.3 is 0 Å². The molecule has 4 rings (SSSR count). The van der Waals surface area contributed by atoms with Crippen molar-refractivity contribution in [2.45, 2.75) is 38.1 Å². The second kappa shape index (κ2) is 8.41. The van der Waals surface area contributed by atoms with Crippen LogP contribution in [0.2, 0.25) is 5.02 Å². The minimum absolute atomic E-state index is 0.105. The molecule has 3 heterocycles. The third kappa shape index (κ3) is 4.50. The number of Topliss-reactive ketones (excluding diaryl/α,β-unsaturated/α-hetero) is 1. The number of hydrogen-bond donors (Lipinski definition) is 0. The summed E-state index contributed by atoms with van der Waals surface area (Å²) in [7, 11) is 0. The fourth-order valence-electron chi connectivity index (χ4n) is 4.27. The summed E-state index contributed by atoms with van der Waals surface area (Å²) in [4.78, 5) is 22.2. The van der Waals surface area contributed by atoms with Crippen molar-refractivity contribution in [2.75, 3.05) is 31.1 Å². The first-order valence-electron chi connectivity index (χ1n) is 9.92. The van der Waals surface area contributed by atoms with Crippen LogP contribution in [0, 0.1) is 0 Å². The average Bonchev–Trinajstić information content (AvgIpc) is 3.23. The van der Waals surface area contributed by atoms with Crippen molar-refractivity contribution in [1.29, 1.82) is 0 Å². The maximum absolute atomic E-state index is 12.7. The maximum Gasteiger partial charge on any atom is 0.167 e. The first-order chi connectivity index (χ1) is 13.2. The molecule has 5 heteroatoms. The number of carbonyl (C=O) groups excluding carboxylic acids is 1. The molecule has 142 valence electrons. The molecule has 0 aliphatic carbocycles. The van der Waals surface area contributed by atoms with Crippen molar-refractivity contribution in [3.05, 3.63) is 58.7 Å². The van der Waals surface area contributed by atoms with Gasteiger partial charge in [0.05, 0.1) is 0 Å². The highest BCUT2D eigenvalue weighted by molar-refractivity contribution is 6.30. The second-order valence-corrected chi connectivity index (χ2v) is 8.03. The molecule has 0 spiro atoms. The van der Waals surface area contributed by atoms with Crippen LogP contribution in [0.4, 0.5) is 5.82 Å². The number of rotatable bonds is 5. The molecule has 1 aromatic carbocycles. The average molecular weight is 384 g/mol. The lowest BCUT2D eigenvalue weighted by Gasteiger charge is -2.37. The predicted molar refractivity (Wildman–Crippen MR) is 110 cm³/mol. The monoisotopic (exact) mass is 383 g/mol. The number of anilines is 1. The van der Waals surface area contributed by atoms with Gasteiger partial charge in [-0.2, -0.15) is 0 Å². The van der Waals surface area contributed by atoms with Crippen LogP contribution in [0.25, 0.3) is 0 Å². The van der Waals surface area contributed by atoms with Crippen molar-refractivity contribution < 1.29 is 4.79 Å². The van der Waals surface area contributed by atoms with E-state index in [2.05, 4.69) is 14.8 Å². The Morgan fingerprint density at radius 1 is 1.07 bits per heavy atom. The molecule has 2 saturated heterocycles. The summed E-state index contributed by atoms with van der Waals surface area (Å²) in [5, 5.41) is 0.664. The minimum atomic E-state index is 0.105. The van der Waals surface area contributed by atoms with Crippen LogP contribution in [-0.2, 0) is 6.42 Å². The van der Waals surface area contributed by atoms with Crippen molar-refractivity contribution in [2.24, 2.45) is 0 Å². The SMILES string of the molecule is O=C(Cc1cccc(Cl)c1)c1ccnc(N2CCC(N3CCCC3)CC2)c1. The Hall–Kier alpha value is -1.91. The highest BCUT2D eigenvalue weighted by Gasteiger charge is 2.27. The van der Waals surface area contributed by atoms with Gasteiger partial charge in [0.15, 0.2) is 5.78 Å². The topological polar surface area (TPSA) is 36.4 Å². The third-order valence-corrected chi connectivity index (χ3v) is 6.00. The normalized spacial score (nSPS) is 18.8. The van der Waals surface area contributed by atoms with Gasteiger partial charge in [-0.15, -0.1) is 0 Å². The number of ketones is 1. The zero-order valence-corrected chi connectivity index (χ0v) is 16.4. The van der Waals surface area contributed by atoms with Gasteiger partial charge in [-0.05, 0) is 68.6 Å². The van der Waals surface area contributed by atoms with E-state index in [4.69, 9.17) is 11.6 Å². The number of hydrogen-bond acceptors (Lipinski definition) is 4. The van der Waals surface area contributed by atoms with E-state index < -0.39 is 0 Å². The Balaban J connectivity index is 1.39. The van der Waals surface area contributed by atoms with Gasteiger partial charge in [0.2, 0.25) is 0 Å². The van der Waals surface area contributed by atoms with Crippen molar-refractivity contribution in [1.82, 2.24) is 9.88 Å². The van der Waals surface area contributed by atoms with E-state index in [1.54, 1.807) is 6.20 Å². The summed E-state index contributed by atoms with van der Waals surface area (Å²) in [6.45, 7) is 4.55. The van der Waals surface area contributed by atoms with E-state index >= 15 is 0 Å². The molecule has 0 unspecified atom stereocenters. The summed E-state index contributed by atoms with van der Waals surface area (Å²) in [6.07, 6.45) is 7.18. The number of carbonyl (C=O) groups is 1. The molecule has 4 nitrogen and oxygen atoms in total. The van der Waals surface area contributed by atoms with Crippen molar-refractivity contribution in [3.8, 4) is 0 Å². The van der Waals surface area contributed by atoms with Crippen molar-refractivity contribution >= 4 is 23.2 Å². The van der Waals surface area contributed by atoms with Crippen LogP contribution < -0.4 is 4.90 Å². The van der Waals surface area contributed by atoms with Crippen LogP contribution in [0.5, 0.6) is 0 Å². The number of piperidine rings is 1. The highest BCUT2D eigenvalue weighted by Crippen LogP contribution is 2.24. The number of likely N-dealkylation sites (tertiary alicyclic amines) is 1. The second-order valence-electron chi connectivity index (χ2n) is 7.59. The number of nitrogens with zero attached hydrogens (tertiary/aromatic N) is 3. The third-order valence-electron chi connectivity index (χ3n) is 5.77. The van der Waals surface area contributed by atoms with E-state index in [9.17, 15) is 4.79 Å². The molecule has 0 N–H and O–H groups in total. The molecule has 2 aliphatic rings. The first-order valence-corrected chi connectivity index (χ1v) is 10.3. The summed E-state index contributed by atoms with van der Waals surface area (Å²) >= 11 is 6.03. The predicted octanol–water partition coefficient (Wildman–Crippen LogP) is 4.23. The lowest BCUT2D eigenvalue weighted by Crippen LogP contribution is -2.44. The molecular weight excluding hydrogens is 358 g/mol. The quantitative estimate of drug-likeness (QED) is 0.724. The van der Waals surface area contributed by atoms with Gasteiger partial charge in [0.1, 0.15) is 5.82 Å².